The molecule has 0 radical (unpaired) electrons. The zero-order chi connectivity index (χ0) is 28.4. The fraction of sp³-hybridized carbons (Fsp3) is 0.172. The standard InChI is InChI=1S/C29H23BrClN3O6/c1-16(2)39-26(35)15-38-27-20(30)11-17(12-21(27)31)14-32-34-28(33-22-8-5-4-7-18(22)29(34)36)25-13-19-23(37-3)9-6-10-24(19)40-25/h4-14,16H,15H2,1-3H3. The number of benzene rings is 3. The number of aromatic nitrogens is 2. The van der Waals surface area contributed by atoms with Crippen LogP contribution in [0.1, 0.15) is 19.4 Å². The average molecular weight is 625 g/mol. The number of hydrogen-bond donors (Lipinski definition) is 0. The van der Waals surface area contributed by atoms with Crippen molar-refractivity contribution in [2.45, 2.75) is 20.0 Å². The Bertz CT molecular complexity index is 1810. The van der Waals surface area contributed by atoms with Crippen LogP contribution in [0, 0.1) is 0 Å². The summed E-state index contributed by atoms with van der Waals surface area (Å²) in [6, 6.07) is 17.5. The fourth-order valence-corrected chi connectivity index (χ4v) is 5.05. The van der Waals surface area contributed by atoms with Crippen LogP contribution < -0.4 is 15.0 Å². The van der Waals surface area contributed by atoms with Crippen LogP contribution in [0.5, 0.6) is 11.5 Å². The lowest BCUT2D eigenvalue weighted by molar-refractivity contribution is -0.149. The molecule has 5 aromatic rings. The van der Waals surface area contributed by atoms with Gasteiger partial charge in [-0.15, -0.1) is 0 Å². The molecule has 0 saturated carbocycles. The lowest BCUT2D eigenvalue weighted by Crippen LogP contribution is -2.20. The maximum Gasteiger partial charge on any atom is 0.344 e. The number of carbonyl (C=O) groups is 1. The predicted octanol–water partition coefficient (Wildman–Crippen LogP) is 6.45. The maximum absolute atomic E-state index is 13.5. The van der Waals surface area contributed by atoms with Crippen LogP contribution in [-0.2, 0) is 9.53 Å². The van der Waals surface area contributed by atoms with Gasteiger partial charge >= 0.3 is 5.97 Å². The van der Waals surface area contributed by atoms with Crippen LogP contribution >= 0.6 is 27.5 Å². The third-order valence-corrected chi connectivity index (χ3v) is 6.63. The number of furan rings is 1. The molecule has 0 amide bonds. The minimum Gasteiger partial charge on any atom is -0.496 e. The fourth-order valence-electron chi connectivity index (χ4n) is 4.06. The van der Waals surface area contributed by atoms with Gasteiger partial charge in [-0.05, 0) is 77.8 Å². The highest BCUT2D eigenvalue weighted by Crippen LogP contribution is 2.35. The van der Waals surface area contributed by atoms with Crippen molar-refractivity contribution in [1.82, 2.24) is 9.66 Å². The molecule has 3 aromatic carbocycles. The number of carbonyl (C=O) groups excluding carboxylic acids is 1. The monoisotopic (exact) mass is 623 g/mol. The number of nitrogens with zero attached hydrogens (tertiary/aromatic N) is 3. The highest BCUT2D eigenvalue weighted by Gasteiger charge is 2.18. The van der Waals surface area contributed by atoms with Crippen LogP contribution in [-0.4, -0.2) is 41.7 Å². The Kier molecular flexibility index (Phi) is 7.90. The Morgan fingerprint density at radius 1 is 1.15 bits per heavy atom. The van der Waals surface area contributed by atoms with Gasteiger partial charge in [0.05, 0.1) is 45.2 Å². The van der Waals surface area contributed by atoms with E-state index in [2.05, 4.69) is 21.0 Å². The molecule has 204 valence electrons. The molecule has 9 nitrogen and oxygen atoms in total. The van der Waals surface area contributed by atoms with E-state index in [1.54, 1.807) is 69.5 Å². The lowest BCUT2D eigenvalue weighted by atomic mass is 10.2. The van der Waals surface area contributed by atoms with E-state index in [-0.39, 0.29) is 34.9 Å². The maximum atomic E-state index is 13.5. The molecule has 5 rings (SSSR count). The first-order chi connectivity index (χ1) is 19.2. The van der Waals surface area contributed by atoms with Crippen molar-refractivity contribution in [1.29, 1.82) is 0 Å². The summed E-state index contributed by atoms with van der Waals surface area (Å²) in [6.45, 7) is 3.21. The van der Waals surface area contributed by atoms with Crippen molar-refractivity contribution in [3.63, 3.8) is 0 Å². The first-order valence-electron chi connectivity index (χ1n) is 12.2. The van der Waals surface area contributed by atoms with E-state index >= 15 is 0 Å². The number of ether oxygens (including phenoxy) is 3. The van der Waals surface area contributed by atoms with Gasteiger partial charge in [0.15, 0.2) is 18.1 Å². The predicted molar refractivity (Wildman–Crippen MR) is 157 cm³/mol. The second-order valence-electron chi connectivity index (χ2n) is 8.94. The molecule has 0 bridgehead atoms. The number of rotatable bonds is 8. The molecular weight excluding hydrogens is 602 g/mol. The Labute approximate surface area is 242 Å². The molecule has 0 N–H and O–H groups in total. The van der Waals surface area contributed by atoms with Crippen LogP contribution in [0.25, 0.3) is 33.5 Å². The molecule has 0 aliphatic rings. The van der Waals surface area contributed by atoms with Gasteiger partial charge in [0, 0.05) is 0 Å². The number of esters is 1. The Hall–Kier alpha value is -4.15. The largest absolute Gasteiger partial charge is 0.496 e. The van der Waals surface area contributed by atoms with Gasteiger partial charge in [-0.25, -0.2) is 9.78 Å². The Morgan fingerprint density at radius 3 is 2.70 bits per heavy atom. The molecule has 0 atom stereocenters. The minimum atomic E-state index is -0.512. The summed E-state index contributed by atoms with van der Waals surface area (Å²) < 4.78 is 23.8. The Morgan fingerprint density at radius 2 is 1.95 bits per heavy atom. The summed E-state index contributed by atoms with van der Waals surface area (Å²) in [7, 11) is 1.58. The van der Waals surface area contributed by atoms with Crippen molar-refractivity contribution in [2.24, 2.45) is 5.10 Å². The first-order valence-corrected chi connectivity index (χ1v) is 13.4. The van der Waals surface area contributed by atoms with E-state index in [0.717, 1.165) is 5.39 Å². The van der Waals surface area contributed by atoms with Crippen LogP contribution in [0.3, 0.4) is 0 Å². The first kappa shape index (κ1) is 27.4. The van der Waals surface area contributed by atoms with Crippen molar-refractivity contribution < 1.29 is 23.4 Å². The molecule has 0 aliphatic heterocycles. The summed E-state index contributed by atoms with van der Waals surface area (Å²) >= 11 is 9.86. The molecule has 2 aromatic heterocycles. The Balaban J connectivity index is 1.55. The molecule has 0 spiro atoms. The third-order valence-electron chi connectivity index (χ3n) is 5.76. The minimum absolute atomic E-state index is 0.215. The van der Waals surface area contributed by atoms with Crippen molar-refractivity contribution in [3.8, 4) is 23.1 Å². The van der Waals surface area contributed by atoms with Gasteiger partial charge in [-0.3, -0.25) is 4.79 Å². The van der Waals surface area contributed by atoms with Gasteiger partial charge in [0.1, 0.15) is 11.3 Å². The van der Waals surface area contributed by atoms with Crippen LogP contribution in [0.4, 0.5) is 0 Å². The smallest absolute Gasteiger partial charge is 0.344 e. The average Bonchev–Trinajstić information content (AvgIpc) is 3.36. The number of fused-ring (bicyclic) bond motifs is 2. The summed E-state index contributed by atoms with van der Waals surface area (Å²) in [6.07, 6.45) is 1.21. The van der Waals surface area contributed by atoms with Crippen LogP contribution in [0.2, 0.25) is 5.02 Å². The van der Waals surface area contributed by atoms with Gasteiger partial charge in [0.25, 0.3) is 5.56 Å². The highest BCUT2D eigenvalue weighted by molar-refractivity contribution is 9.10. The number of para-hydroxylation sites is 1. The van der Waals surface area contributed by atoms with Gasteiger partial charge < -0.3 is 18.6 Å². The lowest BCUT2D eigenvalue weighted by Gasteiger charge is -2.12. The molecule has 11 heteroatoms. The number of halogens is 2. The number of methoxy groups -OCH3 is 1. The molecule has 0 saturated heterocycles. The molecule has 40 heavy (non-hydrogen) atoms. The van der Waals surface area contributed by atoms with Gasteiger partial charge in [-0.2, -0.15) is 9.78 Å². The van der Waals surface area contributed by atoms with E-state index in [9.17, 15) is 9.59 Å². The van der Waals surface area contributed by atoms with E-state index in [1.807, 2.05) is 12.1 Å². The van der Waals surface area contributed by atoms with Crippen molar-refractivity contribution in [3.05, 3.63) is 86.1 Å². The van der Waals surface area contributed by atoms with E-state index in [1.165, 1.54) is 10.9 Å². The van der Waals surface area contributed by atoms with Crippen LogP contribution in [0.15, 0.2) is 79.4 Å². The normalized spacial score (nSPS) is 11.6. The summed E-state index contributed by atoms with van der Waals surface area (Å²) in [4.78, 5) is 30.1. The molecule has 0 aliphatic carbocycles. The second kappa shape index (κ2) is 11.5. The van der Waals surface area contributed by atoms with E-state index in [4.69, 9.17) is 35.2 Å². The summed E-state index contributed by atoms with van der Waals surface area (Å²) in [5, 5.41) is 5.84. The van der Waals surface area contributed by atoms with Crippen molar-refractivity contribution >= 4 is 61.6 Å². The zero-order valence-corrected chi connectivity index (χ0v) is 24.0. The van der Waals surface area contributed by atoms with Gasteiger partial charge in [-0.1, -0.05) is 29.8 Å². The third kappa shape index (κ3) is 5.59. The molecule has 2 heterocycles. The summed E-state index contributed by atoms with van der Waals surface area (Å²) in [5.74, 6) is 0.955. The molecule has 0 fully saturated rings. The second-order valence-corrected chi connectivity index (χ2v) is 10.2. The SMILES string of the molecule is COc1cccc2oc(-c3nc4ccccc4c(=O)n3N=Cc3cc(Cl)c(OCC(=O)OC(C)C)c(Br)c3)cc12. The van der Waals surface area contributed by atoms with Crippen molar-refractivity contribution in [2.75, 3.05) is 13.7 Å². The number of hydrogen-bond acceptors (Lipinski definition) is 8. The molecule has 0 unspecified atom stereocenters. The molecular formula is C29H23BrClN3O6. The zero-order valence-electron chi connectivity index (χ0n) is 21.7. The van der Waals surface area contributed by atoms with E-state index in [0.29, 0.717) is 38.0 Å². The quantitative estimate of drug-likeness (QED) is 0.144. The van der Waals surface area contributed by atoms with E-state index < -0.39 is 5.97 Å². The van der Waals surface area contributed by atoms with Gasteiger partial charge in [0.2, 0.25) is 5.82 Å². The summed E-state index contributed by atoms with van der Waals surface area (Å²) in [5.41, 5.74) is 1.27. The highest BCUT2D eigenvalue weighted by atomic mass is 79.9. The topological polar surface area (TPSA) is 105 Å².